The number of aromatic nitrogens is 2. The number of benzene rings is 1. The van der Waals surface area contributed by atoms with Crippen molar-refractivity contribution in [2.45, 2.75) is 25.8 Å². The Kier molecular flexibility index (Phi) is 4.58. The predicted molar refractivity (Wildman–Crippen MR) is 88.6 cm³/mol. The average molecular weight is 297 g/mol. The van der Waals surface area contributed by atoms with E-state index in [4.69, 9.17) is 4.98 Å². The van der Waals surface area contributed by atoms with Crippen molar-refractivity contribution in [1.82, 2.24) is 15.3 Å². The molecule has 21 heavy (non-hydrogen) atoms. The number of fused-ring (bicyclic) bond motifs is 1. The van der Waals surface area contributed by atoms with E-state index in [1.54, 1.807) is 11.3 Å². The van der Waals surface area contributed by atoms with E-state index in [9.17, 15) is 0 Å². The molecule has 3 rings (SSSR count). The number of nitrogens with one attached hydrogen (secondary N) is 1. The molecule has 0 saturated carbocycles. The second-order valence-corrected chi connectivity index (χ2v) is 6.08. The van der Waals surface area contributed by atoms with Gasteiger partial charge in [0.05, 0.1) is 22.8 Å². The third-order valence-corrected chi connectivity index (χ3v) is 4.31. The normalized spacial score (nSPS) is 12.6. The lowest BCUT2D eigenvalue weighted by Crippen LogP contribution is -2.24. The fourth-order valence-corrected chi connectivity index (χ4v) is 3.06. The van der Waals surface area contributed by atoms with Gasteiger partial charge in [0.1, 0.15) is 0 Å². The highest BCUT2D eigenvalue weighted by atomic mass is 32.1. The molecule has 108 valence electrons. The smallest absolute Gasteiger partial charge is 0.0794 e. The first kappa shape index (κ1) is 14.2. The number of hydrogen-bond donors (Lipinski definition) is 1. The molecule has 0 aliphatic rings. The van der Waals surface area contributed by atoms with Crippen LogP contribution in [0.1, 0.15) is 30.0 Å². The van der Waals surface area contributed by atoms with Gasteiger partial charge in [0.25, 0.3) is 0 Å². The first-order valence-corrected chi connectivity index (χ1v) is 8.21. The summed E-state index contributed by atoms with van der Waals surface area (Å²) in [5.41, 5.74) is 4.05. The third kappa shape index (κ3) is 3.46. The predicted octanol–water partition coefficient (Wildman–Crippen LogP) is 3.97. The Morgan fingerprint density at radius 2 is 2.10 bits per heavy atom. The van der Waals surface area contributed by atoms with Gasteiger partial charge in [0, 0.05) is 22.9 Å². The summed E-state index contributed by atoms with van der Waals surface area (Å²) in [6.45, 7) is 3.18. The number of rotatable bonds is 6. The summed E-state index contributed by atoms with van der Waals surface area (Å²) in [6.07, 6.45) is 4.01. The zero-order chi connectivity index (χ0) is 14.5. The molecule has 4 heteroatoms. The van der Waals surface area contributed by atoms with Gasteiger partial charge in [-0.15, -0.1) is 11.3 Å². The molecule has 0 saturated heterocycles. The molecular weight excluding hydrogens is 278 g/mol. The molecule has 2 heterocycles. The van der Waals surface area contributed by atoms with Gasteiger partial charge in [-0.3, -0.25) is 9.97 Å². The fraction of sp³-hybridized carbons (Fsp3) is 0.294. The van der Waals surface area contributed by atoms with E-state index in [2.05, 4.69) is 41.5 Å². The molecular formula is C17H19N3S. The van der Waals surface area contributed by atoms with Crippen LogP contribution in [-0.4, -0.2) is 16.5 Å². The number of hydrogen-bond acceptors (Lipinski definition) is 4. The Morgan fingerprint density at radius 1 is 1.19 bits per heavy atom. The van der Waals surface area contributed by atoms with Crippen LogP contribution < -0.4 is 5.32 Å². The van der Waals surface area contributed by atoms with Crippen molar-refractivity contribution < 1.29 is 0 Å². The van der Waals surface area contributed by atoms with Crippen molar-refractivity contribution in [2.24, 2.45) is 0 Å². The van der Waals surface area contributed by atoms with Crippen molar-refractivity contribution in [3.05, 3.63) is 58.7 Å². The SMILES string of the molecule is CCCNC(Cc1cncs1)c1ccc2ccccc2n1. The van der Waals surface area contributed by atoms with E-state index < -0.39 is 0 Å². The standard InChI is InChI=1S/C17H19N3S/c1-2-9-19-17(10-14-11-18-12-21-14)16-8-7-13-5-3-4-6-15(13)20-16/h3-8,11-12,17,19H,2,9-10H2,1H3. The van der Waals surface area contributed by atoms with Crippen LogP contribution in [0, 0.1) is 0 Å². The minimum Gasteiger partial charge on any atom is -0.308 e. The summed E-state index contributed by atoms with van der Waals surface area (Å²) in [6, 6.07) is 12.8. The van der Waals surface area contributed by atoms with Crippen LogP contribution in [0.2, 0.25) is 0 Å². The van der Waals surface area contributed by atoms with Gasteiger partial charge in [-0.25, -0.2) is 0 Å². The highest BCUT2D eigenvalue weighted by Gasteiger charge is 2.14. The zero-order valence-electron chi connectivity index (χ0n) is 12.1. The van der Waals surface area contributed by atoms with E-state index in [-0.39, 0.29) is 6.04 Å². The van der Waals surface area contributed by atoms with Gasteiger partial charge >= 0.3 is 0 Å². The lowest BCUT2D eigenvalue weighted by Gasteiger charge is -2.17. The lowest BCUT2D eigenvalue weighted by molar-refractivity contribution is 0.522. The maximum atomic E-state index is 4.83. The molecule has 0 fully saturated rings. The van der Waals surface area contributed by atoms with Crippen molar-refractivity contribution in [1.29, 1.82) is 0 Å². The van der Waals surface area contributed by atoms with Crippen LogP contribution in [0.25, 0.3) is 10.9 Å². The highest BCUT2D eigenvalue weighted by Crippen LogP contribution is 2.21. The average Bonchev–Trinajstić information content (AvgIpc) is 3.04. The summed E-state index contributed by atoms with van der Waals surface area (Å²) < 4.78 is 0. The Morgan fingerprint density at radius 3 is 2.90 bits per heavy atom. The first-order valence-electron chi connectivity index (χ1n) is 7.33. The molecule has 0 aliphatic heterocycles. The van der Waals surface area contributed by atoms with E-state index in [1.807, 2.05) is 23.8 Å². The molecule has 0 bridgehead atoms. The maximum absolute atomic E-state index is 4.83. The minimum atomic E-state index is 0.245. The summed E-state index contributed by atoms with van der Waals surface area (Å²) in [7, 11) is 0. The second kappa shape index (κ2) is 6.78. The van der Waals surface area contributed by atoms with Crippen LogP contribution in [0.15, 0.2) is 48.1 Å². The molecule has 1 aromatic carbocycles. The Bertz CT molecular complexity index is 694. The van der Waals surface area contributed by atoms with E-state index in [0.29, 0.717) is 0 Å². The van der Waals surface area contributed by atoms with Crippen molar-refractivity contribution in [3.8, 4) is 0 Å². The quantitative estimate of drug-likeness (QED) is 0.748. The molecule has 0 spiro atoms. The second-order valence-electron chi connectivity index (χ2n) is 5.11. The topological polar surface area (TPSA) is 37.8 Å². The third-order valence-electron chi connectivity index (χ3n) is 3.51. The molecule has 0 radical (unpaired) electrons. The summed E-state index contributed by atoms with van der Waals surface area (Å²) >= 11 is 1.70. The van der Waals surface area contributed by atoms with E-state index in [1.165, 1.54) is 10.3 Å². The molecule has 3 aromatic rings. The maximum Gasteiger partial charge on any atom is 0.0794 e. The fourth-order valence-electron chi connectivity index (χ4n) is 2.42. The monoisotopic (exact) mass is 297 g/mol. The zero-order valence-corrected chi connectivity index (χ0v) is 12.9. The Hall–Kier alpha value is -1.78. The molecule has 1 unspecified atom stereocenters. The molecule has 1 atom stereocenters. The summed E-state index contributed by atoms with van der Waals surface area (Å²) in [5.74, 6) is 0. The van der Waals surface area contributed by atoms with Gasteiger partial charge in [-0.05, 0) is 25.1 Å². The van der Waals surface area contributed by atoms with Crippen LogP contribution in [0.3, 0.4) is 0 Å². The van der Waals surface area contributed by atoms with Crippen molar-refractivity contribution >= 4 is 22.2 Å². The molecule has 0 aliphatic carbocycles. The highest BCUT2D eigenvalue weighted by molar-refractivity contribution is 7.09. The van der Waals surface area contributed by atoms with Gasteiger partial charge in [0.15, 0.2) is 0 Å². The van der Waals surface area contributed by atoms with E-state index in [0.717, 1.165) is 30.6 Å². The summed E-state index contributed by atoms with van der Waals surface area (Å²) in [4.78, 5) is 10.3. The number of para-hydroxylation sites is 1. The van der Waals surface area contributed by atoms with E-state index >= 15 is 0 Å². The van der Waals surface area contributed by atoms with Crippen molar-refractivity contribution in [3.63, 3.8) is 0 Å². The van der Waals surface area contributed by atoms with Crippen LogP contribution in [0.4, 0.5) is 0 Å². The number of nitrogens with zero attached hydrogens (tertiary/aromatic N) is 2. The Balaban J connectivity index is 1.89. The van der Waals surface area contributed by atoms with Gasteiger partial charge in [-0.2, -0.15) is 0 Å². The lowest BCUT2D eigenvalue weighted by atomic mass is 10.1. The van der Waals surface area contributed by atoms with Crippen LogP contribution in [0.5, 0.6) is 0 Å². The minimum absolute atomic E-state index is 0.245. The van der Waals surface area contributed by atoms with Crippen molar-refractivity contribution in [2.75, 3.05) is 6.54 Å². The molecule has 1 N–H and O–H groups in total. The largest absolute Gasteiger partial charge is 0.308 e. The molecule has 0 amide bonds. The van der Waals surface area contributed by atoms with Gasteiger partial charge in [0.2, 0.25) is 0 Å². The number of thiazole rings is 1. The summed E-state index contributed by atoms with van der Waals surface area (Å²) in [5, 5.41) is 4.79. The molecule has 3 nitrogen and oxygen atoms in total. The van der Waals surface area contributed by atoms with Gasteiger partial charge in [-0.1, -0.05) is 31.2 Å². The Labute approximate surface area is 129 Å². The number of pyridine rings is 1. The van der Waals surface area contributed by atoms with Crippen LogP contribution >= 0.6 is 11.3 Å². The van der Waals surface area contributed by atoms with Crippen LogP contribution in [-0.2, 0) is 6.42 Å². The van der Waals surface area contributed by atoms with Gasteiger partial charge < -0.3 is 5.32 Å². The molecule has 2 aromatic heterocycles. The first-order chi connectivity index (χ1) is 10.4.